The second-order valence-electron chi connectivity index (χ2n) is 7.08. The highest BCUT2D eigenvalue weighted by Crippen LogP contribution is 2.25. The van der Waals surface area contributed by atoms with Crippen LogP contribution in [0, 0.1) is 6.92 Å². The van der Waals surface area contributed by atoms with Crippen molar-refractivity contribution in [1.29, 1.82) is 0 Å². The average molecular weight is 472 g/mol. The summed E-state index contributed by atoms with van der Waals surface area (Å²) in [6, 6.07) is 11.0. The third-order valence-corrected chi connectivity index (χ3v) is 7.51. The lowest BCUT2D eigenvalue weighted by Gasteiger charge is -2.34. The van der Waals surface area contributed by atoms with Crippen molar-refractivity contribution >= 4 is 43.2 Å². The fourth-order valence-electron chi connectivity index (χ4n) is 3.10. The zero-order valence-corrected chi connectivity index (χ0v) is 18.9. The smallest absolute Gasteiger partial charge is 0.253 e. The van der Waals surface area contributed by atoms with Gasteiger partial charge in [0.05, 0.1) is 21.9 Å². The summed E-state index contributed by atoms with van der Waals surface area (Å²) >= 11 is 6.10. The van der Waals surface area contributed by atoms with Crippen LogP contribution in [0.5, 0.6) is 0 Å². The van der Waals surface area contributed by atoms with Crippen molar-refractivity contribution in [2.75, 3.05) is 37.2 Å². The molecule has 0 aliphatic carbocycles. The molecule has 1 aliphatic rings. The maximum absolute atomic E-state index is 12.8. The Morgan fingerprint density at radius 1 is 0.967 bits per heavy atom. The van der Waals surface area contributed by atoms with Crippen molar-refractivity contribution in [1.82, 2.24) is 9.21 Å². The van der Waals surface area contributed by atoms with Gasteiger partial charge in [0, 0.05) is 31.7 Å². The molecule has 0 spiro atoms. The minimum Gasteiger partial charge on any atom is -0.336 e. The van der Waals surface area contributed by atoms with Crippen molar-refractivity contribution in [3.63, 3.8) is 0 Å². The van der Waals surface area contributed by atoms with Crippen LogP contribution in [-0.4, -0.2) is 64.4 Å². The van der Waals surface area contributed by atoms with E-state index >= 15 is 0 Å². The van der Waals surface area contributed by atoms with Gasteiger partial charge in [0.15, 0.2) is 0 Å². The summed E-state index contributed by atoms with van der Waals surface area (Å²) in [5.41, 5.74) is 1.46. The van der Waals surface area contributed by atoms with Gasteiger partial charge in [0.25, 0.3) is 5.91 Å². The van der Waals surface area contributed by atoms with E-state index in [0.717, 1.165) is 11.8 Å². The van der Waals surface area contributed by atoms with Crippen LogP contribution in [0.25, 0.3) is 0 Å². The second kappa shape index (κ2) is 8.54. The summed E-state index contributed by atoms with van der Waals surface area (Å²) in [6.07, 6.45) is 1.01. The highest BCUT2D eigenvalue weighted by atomic mass is 35.5. The van der Waals surface area contributed by atoms with Crippen LogP contribution in [0.2, 0.25) is 5.02 Å². The first-order chi connectivity index (χ1) is 14.0. The molecule has 1 heterocycles. The minimum absolute atomic E-state index is 0.104. The van der Waals surface area contributed by atoms with Crippen LogP contribution in [0.1, 0.15) is 15.9 Å². The molecule has 1 saturated heterocycles. The van der Waals surface area contributed by atoms with Crippen molar-refractivity contribution in [2.24, 2.45) is 0 Å². The lowest BCUT2D eigenvalue weighted by atomic mass is 10.1. The zero-order chi connectivity index (χ0) is 22.1. The molecular formula is C19H22ClN3O5S2. The number of carbonyl (C=O) groups excluding carboxylic acids is 1. The number of nitrogens with zero attached hydrogens (tertiary/aromatic N) is 2. The van der Waals surface area contributed by atoms with Gasteiger partial charge in [0.1, 0.15) is 0 Å². The van der Waals surface area contributed by atoms with Crippen LogP contribution in [0.4, 0.5) is 5.69 Å². The van der Waals surface area contributed by atoms with E-state index in [0.29, 0.717) is 5.56 Å². The molecule has 0 aromatic heterocycles. The molecule has 0 radical (unpaired) electrons. The summed E-state index contributed by atoms with van der Waals surface area (Å²) in [6.45, 7) is 2.74. The van der Waals surface area contributed by atoms with Gasteiger partial charge in [-0.2, -0.15) is 4.31 Å². The van der Waals surface area contributed by atoms with E-state index in [1.54, 1.807) is 29.2 Å². The monoisotopic (exact) mass is 471 g/mol. The van der Waals surface area contributed by atoms with Gasteiger partial charge < -0.3 is 4.90 Å². The third kappa shape index (κ3) is 5.12. The molecule has 0 bridgehead atoms. The number of rotatable bonds is 5. The first-order valence-electron chi connectivity index (χ1n) is 9.11. The summed E-state index contributed by atoms with van der Waals surface area (Å²) in [5, 5.41) is 0.104. The van der Waals surface area contributed by atoms with E-state index in [1.807, 2.05) is 6.92 Å². The number of anilines is 1. The van der Waals surface area contributed by atoms with Crippen molar-refractivity contribution in [3.8, 4) is 0 Å². The van der Waals surface area contributed by atoms with Crippen LogP contribution in [0.3, 0.4) is 0 Å². The number of benzene rings is 2. The van der Waals surface area contributed by atoms with Crippen molar-refractivity contribution in [2.45, 2.75) is 11.8 Å². The predicted octanol–water partition coefficient (Wildman–Crippen LogP) is 2.17. The van der Waals surface area contributed by atoms with E-state index < -0.39 is 20.0 Å². The zero-order valence-electron chi connectivity index (χ0n) is 16.5. The first-order valence-corrected chi connectivity index (χ1v) is 12.8. The SMILES string of the molecule is Cc1ccc(S(=O)(=O)N2CCN(C(=O)c3ccc(NS(C)(=O)=O)c(Cl)c3)CC2)cc1. The molecule has 3 rings (SSSR count). The average Bonchev–Trinajstić information content (AvgIpc) is 2.68. The number of halogens is 1. The van der Waals surface area contributed by atoms with Gasteiger partial charge in [-0.3, -0.25) is 9.52 Å². The second-order valence-corrected chi connectivity index (χ2v) is 11.2. The molecule has 11 heteroatoms. The number of nitrogens with one attached hydrogen (secondary N) is 1. The van der Waals surface area contributed by atoms with Gasteiger partial charge in [-0.1, -0.05) is 29.3 Å². The Morgan fingerprint density at radius 2 is 1.57 bits per heavy atom. The Morgan fingerprint density at radius 3 is 2.10 bits per heavy atom. The van der Waals surface area contributed by atoms with E-state index in [2.05, 4.69) is 4.72 Å². The largest absolute Gasteiger partial charge is 0.336 e. The van der Waals surface area contributed by atoms with Gasteiger partial charge in [-0.25, -0.2) is 16.8 Å². The summed E-state index contributed by atoms with van der Waals surface area (Å²) in [5.74, 6) is -0.296. The molecule has 1 aliphatic heterocycles. The summed E-state index contributed by atoms with van der Waals surface area (Å²) in [7, 11) is -7.10. The normalized spacial score (nSPS) is 15.8. The lowest BCUT2D eigenvalue weighted by molar-refractivity contribution is 0.0698. The highest BCUT2D eigenvalue weighted by Gasteiger charge is 2.30. The Kier molecular flexibility index (Phi) is 6.42. The number of hydrogen-bond donors (Lipinski definition) is 1. The molecule has 1 fully saturated rings. The predicted molar refractivity (Wildman–Crippen MR) is 116 cm³/mol. The molecule has 1 N–H and O–H groups in total. The Balaban J connectivity index is 1.68. The maximum atomic E-state index is 12.8. The number of amides is 1. The molecule has 30 heavy (non-hydrogen) atoms. The van der Waals surface area contributed by atoms with Crippen LogP contribution in [0.15, 0.2) is 47.4 Å². The van der Waals surface area contributed by atoms with Gasteiger partial charge in [0.2, 0.25) is 20.0 Å². The minimum atomic E-state index is -3.61. The number of sulfonamides is 2. The van der Waals surface area contributed by atoms with Gasteiger partial charge >= 0.3 is 0 Å². The molecule has 1 amide bonds. The molecule has 0 unspecified atom stereocenters. The number of piperazine rings is 1. The molecular weight excluding hydrogens is 450 g/mol. The maximum Gasteiger partial charge on any atom is 0.253 e. The molecule has 2 aromatic carbocycles. The number of aryl methyl sites for hydroxylation is 1. The van der Waals surface area contributed by atoms with E-state index in [4.69, 9.17) is 11.6 Å². The van der Waals surface area contributed by atoms with E-state index in [-0.39, 0.29) is 47.7 Å². The molecule has 8 nitrogen and oxygen atoms in total. The van der Waals surface area contributed by atoms with E-state index in [1.165, 1.54) is 22.5 Å². The van der Waals surface area contributed by atoms with Crippen molar-refractivity contribution in [3.05, 3.63) is 58.6 Å². The lowest BCUT2D eigenvalue weighted by Crippen LogP contribution is -2.50. The van der Waals surface area contributed by atoms with Crippen molar-refractivity contribution < 1.29 is 21.6 Å². The summed E-state index contributed by atoms with van der Waals surface area (Å²) in [4.78, 5) is 14.6. The van der Waals surface area contributed by atoms with Crippen LogP contribution < -0.4 is 4.72 Å². The Labute approximate surface area is 181 Å². The standard InChI is InChI=1S/C19H22ClN3O5S2/c1-14-3-6-16(7-4-14)30(27,28)23-11-9-22(10-12-23)19(24)15-5-8-18(17(20)13-15)21-29(2,25)26/h3-8,13,21H,9-12H2,1-2H3. The Hall–Kier alpha value is -2.14. The molecule has 2 aromatic rings. The number of hydrogen-bond acceptors (Lipinski definition) is 5. The summed E-state index contributed by atoms with van der Waals surface area (Å²) < 4.78 is 51.9. The van der Waals surface area contributed by atoms with Crippen LogP contribution >= 0.6 is 11.6 Å². The molecule has 0 saturated carbocycles. The van der Waals surface area contributed by atoms with E-state index in [9.17, 15) is 21.6 Å². The fraction of sp³-hybridized carbons (Fsp3) is 0.316. The van der Waals surface area contributed by atoms with Crippen LogP contribution in [-0.2, 0) is 20.0 Å². The Bertz CT molecular complexity index is 1160. The third-order valence-electron chi connectivity index (χ3n) is 4.70. The van der Waals surface area contributed by atoms with Gasteiger partial charge in [-0.05, 0) is 37.3 Å². The first kappa shape index (κ1) is 22.5. The fourth-order valence-corrected chi connectivity index (χ4v) is 5.39. The van der Waals surface area contributed by atoms with Gasteiger partial charge in [-0.15, -0.1) is 0 Å². The topological polar surface area (TPSA) is 104 Å². The molecule has 0 atom stereocenters. The number of carbonyl (C=O) groups is 1. The highest BCUT2D eigenvalue weighted by molar-refractivity contribution is 7.92. The quantitative estimate of drug-likeness (QED) is 0.719. The molecule has 162 valence electrons.